The molecule has 5 nitrogen and oxygen atoms in total. The van der Waals surface area contributed by atoms with Crippen LogP contribution in [0.5, 0.6) is 0 Å². The summed E-state index contributed by atoms with van der Waals surface area (Å²) < 4.78 is 0. The summed E-state index contributed by atoms with van der Waals surface area (Å²) in [5.41, 5.74) is 1.65. The van der Waals surface area contributed by atoms with Crippen LogP contribution in [0.15, 0.2) is 42.5 Å². The number of hydrogen-bond acceptors (Lipinski definition) is 3. The molecule has 2 amide bonds. The maximum Gasteiger partial charge on any atom is 0.229 e. The van der Waals surface area contributed by atoms with Crippen LogP contribution in [0.1, 0.15) is 23.7 Å². The van der Waals surface area contributed by atoms with Gasteiger partial charge in [0, 0.05) is 24.2 Å². The lowest BCUT2D eigenvalue weighted by molar-refractivity contribution is -0.122. The Morgan fingerprint density at radius 3 is 2.46 bits per heavy atom. The van der Waals surface area contributed by atoms with Gasteiger partial charge in [0.25, 0.3) is 0 Å². The van der Waals surface area contributed by atoms with Crippen molar-refractivity contribution in [3.05, 3.63) is 58.1 Å². The molecule has 2 aromatic carbocycles. The van der Waals surface area contributed by atoms with E-state index in [0.29, 0.717) is 27.0 Å². The second-order valence-corrected chi connectivity index (χ2v) is 6.89. The van der Waals surface area contributed by atoms with Crippen LogP contribution < -0.4 is 10.2 Å². The molecule has 0 aliphatic carbocycles. The average Bonchev–Trinajstić information content (AvgIpc) is 2.99. The van der Waals surface area contributed by atoms with Gasteiger partial charge in [0.2, 0.25) is 11.8 Å². The summed E-state index contributed by atoms with van der Waals surface area (Å²) in [6, 6.07) is 11.7. The van der Waals surface area contributed by atoms with Gasteiger partial charge in [0.15, 0.2) is 5.78 Å². The van der Waals surface area contributed by atoms with Gasteiger partial charge in [0.05, 0.1) is 21.7 Å². The van der Waals surface area contributed by atoms with E-state index in [-0.39, 0.29) is 30.6 Å². The van der Waals surface area contributed by atoms with Gasteiger partial charge in [-0.2, -0.15) is 0 Å². The minimum Gasteiger partial charge on any atom is -0.326 e. The van der Waals surface area contributed by atoms with E-state index in [0.717, 1.165) is 0 Å². The predicted molar refractivity (Wildman–Crippen MR) is 102 cm³/mol. The van der Waals surface area contributed by atoms with Gasteiger partial charge in [-0.05, 0) is 43.3 Å². The lowest BCUT2D eigenvalue weighted by Gasteiger charge is -2.18. The number of nitrogens with one attached hydrogen (secondary N) is 1. The third-order valence-electron chi connectivity index (χ3n) is 4.28. The molecule has 0 spiro atoms. The first-order chi connectivity index (χ1) is 12.4. The fraction of sp³-hybridized carbons (Fsp3) is 0.211. The zero-order chi connectivity index (χ0) is 18.8. The SMILES string of the molecule is CC(=O)c1ccc(NC(=O)C2CC(=O)N(c3cccc(Cl)c3Cl)C2)cc1. The molecule has 1 heterocycles. The first kappa shape index (κ1) is 18.4. The van der Waals surface area contributed by atoms with Crippen molar-refractivity contribution < 1.29 is 14.4 Å². The topological polar surface area (TPSA) is 66.5 Å². The standard InChI is InChI=1S/C19H16Cl2N2O3/c1-11(24)12-5-7-14(8-6-12)22-19(26)13-9-17(25)23(10-13)16-4-2-3-15(20)18(16)21/h2-8,13H,9-10H2,1H3,(H,22,26). The summed E-state index contributed by atoms with van der Waals surface area (Å²) in [5.74, 6) is -0.973. The van der Waals surface area contributed by atoms with E-state index in [1.54, 1.807) is 42.5 Å². The molecule has 134 valence electrons. The van der Waals surface area contributed by atoms with Gasteiger partial charge in [-0.3, -0.25) is 14.4 Å². The predicted octanol–water partition coefficient (Wildman–Crippen LogP) is 4.19. The molecule has 1 aliphatic rings. The van der Waals surface area contributed by atoms with E-state index in [2.05, 4.69) is 5.32 Å². The number of anilines is 2. The summed E-state index contributed by atoms with van der Waals surface area (Å²) >= 11 is 12.2. The number of amides is 2. The summed E-state index contributed by atoms with van der Waals surface area (Å²) in [7, 11) is 0. The summed E-state index contributed by atoms with van der Waals surface area (Å²) in [6.45, 7) is 1.71. The van der Waals surface area contributed by atoms with Crippen molar-refractivity contribution in [2.24, 2.45) is 5.92 Å². The van der Waals surface area contributed by atoms with E-state index in [1.807, 2.05) is 0 Å². The second-order valence-electron chi connectivity index (χ2n) is 6.10. The van der Waals surface area contributed by atoms with Crippen LogP contribution in [0.25, 0.3) is 0 Å². The number of carbonyl (C=O) groups excluding carboxylic acids is 3. The normalized spacial score (nSPS) is 16.7. The molecule has 0 radical (unpaired) electrons. The van der Waals surface area contributed by atoms with Gasteiger partial charge in [-0.15, -0.1) is 0 Å². The highest BCUT2D eigenvalue weighted by atomic mass is 35.5. The molecule has 1 saturated heterocycles. The van der Waals surface area contributed by atoms with E-state index < -0.39 is 5.92 Å². The van der Waals surface area contributed by atoms with Gasteiger partial charge in [-0.1, -0.05) is 29.3 Å². The monoisotopic (exact) mass is 390 g/mol. The Bertz CT molecular complexity index is 881. The summed E-state index contributed by atoms with van der Waals surface area (Å²) in [5, 5.41) is 3.43. The van der Waals surface area contributed by atoms with Crippen molar-refractivity contribution in [2.75, 3.05) is 16.8 Å². The molecule has 1 aliphatic heterocycles. The molecule has 1 atom stereocenters. The highest BCUT2D eigenvalue weighted by molar-refractivity contribution is 6.44. The zero-order valence-corrected chi connectivity index (χ0v) is 15.5. The van der Waals surface area contributed by atoms with Crippen LogP contribution in [-0.2, 0) is 9.59 Å². The van der Waals surface area contributed by atoms with Crippen LogP contribution in [0.2, 0.25) is 10.0 Å². The van der Waals surface area contributed by atoms with Crippen molar-refractivity contribution in [2.45, 2.75) is 13.3 Å². The number of hydrogen-bond donors (Lipinski definition) is 1. The zero-order valence-electron chi connectivity index (χ0n) is 14.0. The third kappa shape index (κ3) is 3.74. The van der Waals surface area contributed by atoms with Crippen molar-refractivity contribution in [3.63, 3.8) is 0 Å². The second kappa shape index (κ2) is 7.48. The van der Waals surface area contributed by atoms with Crippen molar-refractivity contribution >= 4 is 52.2 Å². The molecule has 2 aromatic rings. The van der Waals surface area contributed by atoms with Crippen LogP contribution >= 0.6 is 23.2 Å². The van der Waals surface area contributed by atoms with Crippen LogP contribution in [0, 0.1) is 5.92 Å². The van der Waals surface area contributed by atoms with Crippen LogP contribution in [0.3, 0.4) is 0 Å². The lowest BCUT2D eigenvalue weighted by atomic mass is 10.1. The molecular weight excluding hydrogens is 375 g/mol. The molecule has 26 heavy (non-hydrogen) atoms. The maximum atomic E-state index is 12.5. The molecular formula is C19H16Cl2N2O3. The first-order valence-corrected chi connectivity index (χ1v) is 8.78. The van der Waals surface area contributed by atoms with Crippen molar-refractivity contribution in [1.29, 1.82) is 0 Å². The highest BCUT2D eigenvalue weighted by Gasteiger charge is 2.36. The molecule has 3 rings (SSSR count). The number of Topliss-reactive ketones (excluding diaryl/α,β-unsaturated/α-hetero) is 1. The number of ketones is 1. The average molecular weight is 391 g/mol. The Hall–Kier alpha value is -2.37. The molecule has 1 unspecified atom stereocenters. The van der Waals surface area contributed by atoms with Crippen molar-refractivity contribution in [1.82, 2.24) is 0 Å². The molecule has 0 bridgehead atoms. The lowest BCUT2D eigenvalue weighted by Crippen LogP contribution is -2.28. The number of benzene rings is 2. The van der Waals surface area contributed by atoms with Gasteiger partial charge in [0.1, 0.15) is 0 Å². The Balaban J connectivity index is 1.71. The van der Waals surface area contributed by atoms with E-state index in [4.69, 9.17) is 23.2 Å². The van der Waals surface area contributed by atoms with Crippen molar-refractivity contribution in [3.8, 4) is 0 Å². The van der Waals surface area contributed by atoms with Gasteiger partial charge < -0.3 is 10.2 Å². The van der Waals surface area contributed by atoms with Gasteiger partial charge >= 0.3 is 0 Å². The maximum absolute atomic E-state index is 12.5. The van der Waals surface area contributed by atoms with E-state index in [9.17, 15) is 14.4 Å². The van der Waals surface area contributed by atoms with Crippen LogP contribution in [0.4, 0.5) is 11.4 Å². The Kier molecular flexibility index (Phi) is 5.30. The largest absolute Gasteiger partial charge is 0.326 e. The Morgan fingerprint density at radius 1 is 1.12 bits per heavy atom. The number of carbonyl (C=O) groups is 3. The quantitative estimate of drug-likeness (QED) is 0.795. The van der Waals surface area contributed by atoms with E-state index >= 15 is 0 Å². The third-order valence-corrected chi connectivity index (χ3v) is 5.09. The molecule has 1 fully saturated rings. The van der Waals surface area contributed by atoms with Crippen LogP contribution in [-0.4, -0.2) is 24.1 Å². The molecule has 0 aromatic heterocycles. The van der Waals surface area contributed by atoms with Gasteiger partial charge in [-0.25, -0.2) is 0 Å². The number of nitrogens with zero attached hydrogens (tertiary/aromatic N) is 1. The Morgan fingerprint density at radius 2 is 1.81 bits per heavy atom. The molecule has 1 N–H and O–H groups in total. The number of rotatable bonds is 4. The molecule has 0 saturated carbocycles. The van der Waals surface area contributed by atoms with E-state index in [1.165, 1.54) is 11.8 Å². The minimum atomic E-state index is -0.495. The highest BCUT2D eigenvalue weighted by Crippen LogP contribution is 2.35. The fourth-order valence-electron chi connectivity index (χ4n) is 2.85. The number of halogens is 2. The first-order valence-electron chi connectivity index (χ1n) is 8.03. The smallest absolute Gasteiger partial charge is 0.229 e. The Labute approximate surface area is 160 Å². The summed E-state index contributed by atoms with van der Waals surface area (Å²) in [6.07, 6.45) is 0.0974. The molecule has 7 heteroatoms. The summed E-state index contributed by atoms with van der Waals surface area (Å²) in [4.78, 5) is 37.6. The fourth-order valence-corrected chi connectivity index (χ4v) is 3.25. The minimum absolute atomic E-state index is 0.0432.